The zero-order chi connectivity index (χ0) is 14.4. The first-order valence-corrected chi connectivity index (χ1v) is 7.53. The van der Waals surface area contributed by atoms with Crippen LogP contribution in [0.15, 0.2) is 18.2 Å². The fraction of sp³-hybridized carbons (Fsp3) is 0.533. The normalized spacial score (nSPS) is 18.8. The van der Waals surface area contributed by atoms with Gasteiger partial charge in [-0.25, -0.2) is 0 Å². The SMILES string of the molecule is CNCCNc1c(Cl)cccc1C(=O)C1CCCNC1. The second-order valence-corrected chi connectivity index (χ2v) is 5.51. The first-order valence-electron chi connectivity index (χ1n) is 7.16. The second-order valence-electron chi connectivity index (χ2n) is 5.10. The summed E-state index contributed by atoms with van der Waals surface area (Å²) in [6.45, 7) is 3.33. The summed E-state index contributed by atoms with van der Waals surface area (Å²) in [6.07, 6.45) is 2.01. The molecule has 0 aromatic heterocycles. The fourth-order valence-corrected chi connectivity index (χ4v) is 2.76. The van der Waals surface area contributed by atoms with Crippen LogP contribution in [0.1, 0.15) is 23.2 Å². The largest absolute Gasteiger partial charge is 0.382 e. The molecule has 4 nitrogen and oxygen atoms in total. The maximum absolute atomic E-state index is 12.7. The Hall–Kier alpha value is -1.10. The van der Waals surface area contributed by atoms with Gasteiger partial charge < -0.3 is 16.0 Å². The molecule has 0 radical (unpaired) electrons. The van der Waals surface area contributed by atoms with Crippen molar-refractivity contribution in [3.8, 4) is 0 Å². The highest BCUT2D eigenvalue weighted by atomic mass is 35.5. The zero-order valence-corrected chi connectivity index (χ0v) is 12.6. The molecule has 1 aromatic rings. The van der Waals surface area contributed by atoms with Crippen molar-refractivity contribution < 1.29 is 4.79 Å². The van der Waals surface area contributed by atoms with E-state index in [1.807, 2.05) is 25.2 Å². The molecule has 5 heteroatoms. The Morgan fingerprint density at radius 2 is 2.30 bits per heavy atom. The van der Waals surface area contributed by atoms with Crippen LogP contribution in [0, 0.1) is 5.92 Å². The van der Waals surface area contributed by atoms with Gasteiger partial charge in [0, 0.05) is 31.1 Å². The number of piperidine rings is 1. The van der Waals surface area contributed by atoms with Gasteiger partial charge in [0.2, 0.25) is 0 Å². The van der Waals surface area contributed by atoms with Crippen molar-refractivity contribution in [1.29, 1.82) is 0 Å². The molecule has 0 aliphatic carbocycles. The van der Waals surface area contributed by atoms with Gasteiger partial charge in [0.25, 0.3) is 0 Å². The molecule has 2 rings (SSSR count). The van der Waals surface area contributed by atoms with Crippen LogP contribution in [0.3, 0.4) is 0 Å². The van der Waals surface area contributed by atoms with E-state index in [9.17, 15) is 4.79 Å². The summed E-state index contributed by atoms with van der Waals surface area (Å²) >= 11 is 6.24. The third-order valence-corrected chi connectivity index (χ3v) is 3.94. The molecule has 1 saturated heterocycles. The Morgan fingerprint density at radius 1 is 1.45 bits per heavy atom. The molecule has 0 saturated carbocycles. The molecule has 0 amide bonds. The van der Waals surface area contributed by atoms with Gasteiger partial charge in [0.1, 0.15) is 0 Å². The van der Waals surface area contributed by atoms with Gasteiger partial charge in [0.05, 0.1) is 10.7 Å². The molecule has 1 atom stereocenters. The number of carbonyl (C=O) groups is 1. The molecule has 110 valence electrons. The minimum atomic E-state index is 0.0621. The van der Waals surface area contributed by atoms with E-state index in [0.717, 1.165) is 44.7 Å². The lowest BCUT2D eigenvalue weighted by Crippen LogP contribution is -2.34. The minimum Gasteiger partial charge on any atom is -0.382 e. The topological polar surface area (TPSA) is 53.2 Å². The number of halogens is 1. The van der Waals surface area contributed by atoms with Crippen LogP contribution in [0.4, 0.5) is 5.69 Å². The predicted octanol–water partition coefficient (Wildman–Crippen LogP) is 2.15. The molecule has 20 heavy (non-hydrogen) atoms. The number of rotatable bonds is 6. The van der Waals surface area contributed by atoms with Gasteiger partial charge in [-0.3, -0.25) is 4.79 Å². The first kappa shape index (κ1) is 15.3. The number of hydrogen-bond donors (Lipinski definition) is 3. The summed E-state index contributed by atoms with van der Waals surface area (Å²) in [5.41, 5.74) is 1.47. The summed E-state index contributed by atoms with van der Waals surface area (Å²) in [4.78, 5) is 12.7. The Kier molecular flexibility index (Phi) is 5.83. The number of carbonyl (C=O) groups excluding carboxylic acids is 1. The van der Waals surface area contributed by atoms with Gasteiger partial charge in [-0.15, -0.1) is 0 Å². The molecular weight excluding hydrogens is 274 g/mol. The van der Waals surface area contributed by atoms with E-state index in [4.69, 9.17) is 11.6 Å². The van der Waals surface area contributed by atoms with Crippen LogP contribution in [0.5, 0.6) is 0 Å². The molecule has 1 aliphatic rings. The maximum Gasteiger partial charge on any atom is 0.169 e. The highest BCUT2D eigenvalue weighted by Crippen LogP contribution is 2.29. The van der Waals surface area contributed by atoms with Crippen LogP contribution >= 0.6 is 11.6 Å². The summed E-state index contributed by atoms with van der Waals surface area (Å²) in [6, 6.07) is 5.53. The highest BCUT2D eigenvalue weighted by Gasteiger charge is 2.24. The van der Waals surface area contributed by atoms with E-state index >= 15 is 0 Å². The first-order chi connectivity index (χ1) is 9.74. The van der Waals surface area contributed by atoms with Gasteiger partial charge in [0.15, 0.2) is 5.78 Å². The number of ketones is 1. The van der Waals surface area contributed by atoms with E-state index in [0.29, 0.717) is 10.6 Å². The highest BCUT2D eigenvalue weighted by molar-refractivity contribution is 6.34. The number of hydrogen-bond acceptors (Lipinski definition) is 4. The van der Waals surface area contributed by atoms with Crippen LogP contribution in [0.2, 0.25) is 5.02 Å². The van der Waals surface area contributed by atoms with Crippen molar-refractivity contribution in [1.82, 2.24) is 10.6 Å². The van der Waals surface area contributed by atoms with Crippen LogP contribution in [-0.2, 0) is 0 Å². The second kappa shape index (κ2) is 7.62. The monoisotopic (exact) mass is 295 g/mol. The number of likely N-dealkylation sites (N-methyl/N-ethyl adjacent to an activating group) is 1. The van der Waals surface area contributed by atoms with Crippen molar-refractivity contribution in [2.75, 3.05) is 38.5 Å². The molecule has 0 spiro atoms. The van der Waals surface area contributed by atoms with Crippen LogP contribution in [0.25, 0.3) is 0 Å². The number of benzene rings is 1. The Labute approximate surface area is 125 Å². The van der Waals surface area contributed by atoms with Crippen molar-refractivity contribution in [3.05, 3.63) is 28.8 Å². The van der Waals surface area contributed by atoms with Crippen molar-refractivity contribution in [2.24, 2.45) is 5.92 Å². The van der Waals surface area contributed by atoms with Gasteiger partial charge in [-0.05, 0) is 38.6 Å². The lowest BCUT2D eigenvalue weighted by Gasteiger charge is -2.23. The van der Waals surface area contributed by atoms with Crippen molar-refractivity contribution in [3.63, 3.8) is 0 Å². The summed E-state index contributed by atoms with van der Waals surface area (Å²) in [5.74, 6) is 0.249. The van der Waals surface area contributed by atoms with Gasteiger partial charge in [-0.1, -0.05) is 17.7 Å². The lowest BCUT2D eigenvalue weighted by atomic mass is 9.90. The van der Waals surface area contributed by atoms with E-state index in [2.05, 4.69) is 16.0 Å². The van der Waals surface area contributed by atoms with E-state index in [1.165, 1.54) is 0 Å². The molecule has 1 aromatic carbocycles. The zero-order valence-electron chi connectivity index (χ0n) is 11.8. The third kappa shape index (κ3) is 3.72. The number of nitrogens with one attached hydrogen (secondary N) is 3. The smallest absolute Gasteiger partial charge is 0.169 e. The van der Waals surface area contributed by atoms with E-state index < -0.39 is 0 Å². The standard InChI is InChI=1S/C15H22ClN3O/c1-17-8-9-19-14-12(5-2-6-13(14)16)15(20)11-4-3-7-18-10-11/h2,5-6,11,17-19H,3-4,7-10H2,1H3. The van der Waals surface area contributed by atoms with Crippen LogP contribution < -0.4 is 16.0 Å². The van der Waals surface area contributed by atoms with Crippen molar-refractivity contribution in [2.45, 2.75) is 12.8 Å². The number of para-hydroxylation sites is 1. The summed E-state index contributed by atoms with van der Waals surface area (Å²) in [7, 11) is 1.90. The summed E-state index contributed by atoms with van der Waals surface area (Å²) in [5, 5.41) is 10.2. The predicted molar refractivity (Wildman–Crippen MR) is 83.8 cm³/mol. The average molecular weight is 296 g/mol. The quantitative estimate of drug-likeness (QED) is 0.556. The van der Waals surface area contributed by atoms with Gasteiger partial charge in [-0.2, -0.15) is 0 Å². The minimum absolute atomic E-state index is 0.0621. The van der Waals surface area contributed by atoms with Gasteiger partial charge >= 0.3 is 0 Å². The van der Waals surface area contributed by atoms with E-state index in [-0.39, 0.29) is 11.7 Å². The fourth-order valence-electron chi connectivity index (χ4n) is 2.52. The lowest BCUT2D eigenvalue weighted by molar-refractivity contribution is 0.0900. The molecule has 1 aliphatic heterocycles. The Balaban J connectivity index is 2.16. The Morgan fingerprint density at radius 3 is 3.00 bits per heavy atom. The van der Waals surface area contributed by atoms with Crippen molar-refractivity contribution >= 4 is 23.1 Å². The molecule has 0 bridgehead atoms. The molecule has 1 fully saturated rings. The van der Waals surface area contributed by atoms with Crippen LogP contribution in [-0.4, -0.2) is 39.0 Å². The molecular formula is C15H22ClN3O. The summed E-state index contributed by atoms with van der Waals surface area (Å²) < 4.78 is 0. The van der Waals surface area contributed by atoms with E-state index in [1.54, 1.807) is 0 Å². The number of anilines is 1. The maximum atomic E-state index is 12.7. The molecule has 1 unspecified atom stereocenters. The third-order valence-electron chi connectivity index (χ3n) is 3.62. The average Bonchev–Trinajstić information content (AvgIpc) is 2.49. The molecule has 3 N–H and O–H groups in total. The number of Topliss-reactive ketones (excluding diaryl/α,β-unsaturated/α-hetero) is 1. The molecule has 1 heterocycles. The Bertz CT molecular complexity index is 458.